The van der Waals surface area contributed by atoms with Gasteiger partial charge in [-0.2, -0.15) is 0 Å². The van der Waals surface area contributed by atoms with E-state index in [4.69, 9.17) is 14.9 Å². The van der Waals surface area contributed by atoms with Crippen LogP contribution in [0.3, 0.4) is 0 Å². The molecule has 1 aromatic carbocycles. The van der Waals surface area contributed by atoms with Crippen LogP contribution in [0.5, 0.6) is 5.75 Å². The van der Waals surface area contributed by atoms with Crippen LogP contribution < -0.4 is 4.74 Å². The van der Waals surface area contributed by atoms with Gasteiger partial charge < -0.3 is 14.9 Å². The van der Waals surface area contributed by atoms with Gasteiger partial charge in [0.15, 0.2) is 6.61 Å². The quantitative estimate of drug-likeness (QED) is 0.838. The lowest BCUT2D eigenvalue weighted by molar-refractivity contribution is -0.139. The minimum Gasteiger partial charge on any atom is -0.482 e. The van der Waals surface area contributed by atoms with Crippen LogP contribution in [-0.2, 0) is 11.2 Å². The van der Waals surface area contributed by atoms with Gasteiger partial charge in [-0.25, -0.2) is 4.79 Å². The Morgan fingerprint density at radius 2 is 2.28 bits per heavy atom. The second-order valence-electron chi connectivity index (χ2n) is 4.61. The fourth-order valence-electron chi connectivity index (χ4n) is 2.64. The molecule has 0 radical (unpaired) electrons. The topological polar surface area (TPSA) is 66.8 Å². The van der Waals surface area contributed by atoms with E-state index in [1.54, 1.807) is 0 Å². The van der Waals surface area contributed by atoms with Crippen LogP contribution in [0.4, 0.5) is 0 Å². The molecule has 0 bridgehead atoms. The highest BCUT2D eigenvalue weighted by Crippen LogP contribution is 2.38. The van der Waals surface area contributed by atoms with E-state index < -0.39 is 5.97 Å². The third-order valence-electron chi connectivity index (χ3n) is 3.42. The van der Waals surface area contributed by atoms with Gasteiger partial charge in [0.2, 0.25) is 0 Å². The molecule has 1 unspecified atom stereocenters. The molecular weight excluding hydrogens is 232 g/mol. The number of carboxylic acids is 1. The molecule has 0 spiro atoms. The van der Waals surface area contributed by atoms with Gasteiger partial charge in [0.05, 0.1) is 0 Å². The predicted molar refractivity (Wildman–Crippen MR) is 67.0 cm³/mol. The van der Waals surface area contributed by atoms with Crippen molar-refractivity contribution in [3.05, 3.63) is 29.3 Å². The molecular formula is C14H18O4. The number of benzene rings is 1. The number of aliphatic hydroxyl groups excluding tert-OH is 1. The zero-order valence-corrected chi connectivity index (χ0v) is 10.3. The number of hydrogen-bond acceptors (Lipinski definition) is 3. The first-order valence-electron chi connectivity index (χ1n) is 6.29. The molecule has 0 saturated carbocycles. The Kier molecular flexibility index (Phi) is 4.20. The smallest absolute Gasteiger partial charge is 0.341 e. The minimum atomic E-state index is -0.963. The van der Waals surface area contributed by atoms with Gasteiger partial charge in [-0.05, 0) is 48.8 Å². The SMILES string of the molecule is O=C(O)COc1cccc2c1CCCC2CCO. The van der Waals surface area contributed by atoms with Crippen LogP contribution in [0, 0.1) is 0 Å². The van der Waals surface area contributed by atoms with Gasteiger partial charge >= 0.3 is 5.97 Å². The van der Waals surface area contributed by atoms with E-state index in [-0.39, 0.29) is 13.2 Å². The highest BCUT2D eigenvalue weighted by atomic mass is 16.5. The van der Waals surface area contributed by atoms with Gasteiger partial charge in [0.25, 0.3) is 0 Å². The molecule has 2 rings (SSSR count). The molecule has 0 aliphatic heterocycles. The highest BCUT2D eigenvalue weighted by molar-refractivity contribution is 5.68. The van der Waals surface area contributed by atoms with Crippen molar-refractivity contribution in [1.82, 2.24) is 0 Å². The first kappa shape index (κ1) is 12.9. The summed E-state index contributed by atoms with van der Waals surface area (Å²) < 4.78 is 5.33. The van der Waals surface area contributed by atoms with E-state index >= 15 is 0 Å². The third-order valence-corrected chi connectivity index (χ3v) is 3.42. The second kappa shape index (κ2) is 5.87. The number of hydrogen-bond donors (Lipinski definition) is 2. The fraction of sp³-hybridized carbons (Fsp3) is 0.500. The van der Waals surface area contributed by atoms with Gasteiger partial charge in [0.1, 0.15) is 5.75 Å². The van der Waals surface area contributed by atoms with Crippen LogP contribution in [0.2, 0.25) is 0 Å². The van der Waals surface area contributed by atoms with E-state index in [9.17, 15) is 4.79 Å². The van der Waals surface area contributed by atoms with Crippen LogP contribution in [-0.4, -0.2) is 29.4 Å². The van der Waals surface area contributed by atoms with Crippen molar-refractivity contribution in [2.24, 2.45) is 0 Å². The Bertz CT molecular complexity index is 428. The van der Waals surface area contributed by atoms with E-state index in [1.165, 1.54) is 5.56 Å². The van der Waals surface area contributed by atoms with Crippen LogP contribution >= 0.6 is 0 Å². The van der Waals surface area contributed by atoms with E-state index in [1.807, 2.05) is 12.1 Å². The molecule has 0 amide bonds. The number of fused-ring (bicyclic) bond motifs is 1. The summed E-state index contributed by atoms with van der Waals surface area (Å²) in [6.07, 6.45) is 3.82. The molecule has 0 aromatic heterocycles. The molecule has 2 N–H and O–H groups in total. The van der Waals surface area contributed by atoms with Gasteiger partial charge in [-0.1, -0.05) is 12.1 Å². The Hall–Kier alpha value is -1.55. The summed E-state index contributed by atoms with van der Waals surface area (Å²) in [6.45, 7) is -0.120. The average molecular weight is 250 g/mol. The first-order chi connectivity index (χ1) is 8.72. The monoisotopic (exact) mass is 250 g/mol. The first-order valence-corrected chi connectivity index (χ1v) is 6.29. The lowest BCUT2D eigenvalue weighted by atomic mass is 9.81. The largest absolute Gasteiger partial charge is 0.482 e. The molecule has 1 aliphatic rings. The number of ether oxygens (including phenoxy) is 1. The number of carbonyl (C=O) groups is 1. The Morgan fingerprint density at radius 3 is 3.00 bits per heavy atom. The number of carboxylic acid groups (broad SMARTS) is 1. The summed E-state index contributed by atoms with van der Waals surface area (Å²) in [4.78, 5) is 10.5. The number of aliphatic carboxylic acids is 1. The molecule has 98 valence electrons. The van der Waals surface area contributed by atoms with Crippen molar-refractivity contribution in [3.8, 4) is 5.75 Å². The molecule has 0 fully saturated rings. The lowest BCUT2D eigenvalue weighted by Crippen LogP contribution is -2.15. The average Bonchev–Trinajstić information content (AvgIpc) is 2.37. The summed E-state index contributed by atoms with van der Waals surface area (Å²) in [5.41, 5.74) is 2.32. The molecule has 1 aromatic rings. The van der Waals surface area contributed by atoms with Crippen molar-refractivity contribution in [3.63, 3.8) is 0 Å². The zero-order chi connectivity index (χ0) is 13.0. The Morgan fingerprint density at radius 1 is 1.44 bits per heavy atom. The number of rotatable bonds is 5. The third kappa shape index (κ3) is 2.82. The standard InChI is InChI=1S/C14H18O4/c15-8-7-10-3-1-5-12-11(10)4-2-6-13(12)18-9-14(16)17/h2,4,6,10,15H,1,3,5,7-9H2,(H,16,17). The van der Waals surface area contributed by atoms with Gasteiger partial charge in [-0.15, -0.1) is 0 Å². The maximum absolute atomic E-state index is 10.5. The van der Waals surface area contributed by atoms with Gasteiger partial charge in [0, 0.05) is 6.61 Å². The minimum absolute atomic E-state index is 0.185. The summed E-state index contributed by atoms with van der Waals surface area (Å²) in [5.74, 6) is 0.0833. The van der Waals surface area contributed by atoms with Crippen molar-refractivity contribution in [1.29, 1.82) is 0 Å². The predicted octanol–water partition coefficient (Wildman–Crippen LogP) is 1.95. The summed E-state index contributed by atoms with van der Waals surface area (Å²) in [5, 5.41) is 17.7. The molecule has 1 aliphatic carbocycles. The summed E-state index contributed by atoms with van der Waals surface area (Å²) >= 11 is 0. The van der Waals surface area contributed by atoms with Crippen molar-refractivity contribution < 1.29 is 19.7 Å². The van der Waals surface area contributed by atoms with Crippen LogP contribution in [0.1, 0.15) is 36.3 Å². The van der Waals surface area contributed by atoms with E-state index in [0.717, 1.165) is 31.2 Å². The van der Waals surface area contributed by atoms with E-state index in [0.29, 0.717) is 11.7 Å². The van der Waals surface area contributed by atoms with Crippen LogP contribution in [0.15, 0.2) is 18.2 Å². The maximum Gasteiger partial charge on any atom is 0.341 e. The molecule has 4 heteroatoms. The Labute approximate surface area is 106 Å². The van der Waals surface area contributed by atoms with Crippen molar-refractivity contribution in [2.45, 2.75) is 31.6 Å². The van der Waals surface area contributed by atoms with Crippen LogP contribution in [0.25, 0.3) is 0 Å². The molecule has 1 atom stereocenters. The van der Waals surface area contributed by atoms with Crippen molar-refractivity contribution in [2.75, 3.05) is 13.2 Å². The second-order valence-corrected chi connectivity index (χ2v) is 4.61. The fourth-order valence-corrected chi connectivity index (χ4v) is 2.64. The van der Waals surface area contributed by atoms with E-state index in [2.05, 4.69) is 6.07 Å². The zero-order valence-electron chi connectivity index (χ0n) is 10.3. The number of aliphatic hydroxyl groups is 1. The normalized spacial score (nSPS) is 18.2. The van der Waals surface area contributed by atoms with Crippen molar-refractivity contribution >= 4 is 5.97 Å². The molecule has 18 heavy (non-hydrogen) atoms. The molecule has 4 nitrogen and oxygen atoms in total. The maximum atomic E-state index is 10.5. The molecule has 0 heterocycles. The summed E-state index contributed by atoms with van der Waals surface area (Å²) in [6, 6.07) is 5.78. The van der Waals surface area contributed by atoms with Gasteiger partial charge in [-0.3, -0.25) is 0 Å². The lowest BCUT2D eigenvalue weighted by Gasteiger charge is -2.26. The molecule has 0 saturated heterocycles. The summed E-state index contributed by atoms with van der Waals surface area (Å²) in [7, 11) is 0. The highest BCUT2D eigenvalue weighted by Gasteiger charge is 2.22. The Balaban J connectivity index is 2.22.